The van der Waals surface area contributed by atoms with Gasteiger partial charge < -0.3 is 4.90 Å². The summed E-state index contributed by atoms with van der Waals surface area (Å²) in [7, 11) is 0. The monoisotopic (exact) mass is 345 g/mol. The number of hydrogen-bond acceptors (Lipinski definition) is 4. The predicted molar refractivity (Wildman–Crippen MR) is 103 cm³/mol. The Labute approximate surface area is 149 Å². The van der Waals surface area contributed by atoms with E-state index in [0.717, 1.165) is 21.7 Å². The third-order valence-electron chi connectivity index (χ3n) is 3.97. The number of benzene rings is 2. The molecule has 122 valence electrons. The van der Waals surface area contributed by atoms with E-state index in [0.29, 0.717) is 12.3 Å². The van der Waals surface area contributed by atoms with E-state index in [1.165, 1.54) is 0 Å². The number of para-hydroxylation sites is 1. The minimum absolute atomic E-state index is 0.117. The van der Waals surface area contributed by atoms with Crippen molar-refractivity contribution in [3.05, 3.63) is 88.1 Å². The van der Waals surface area contributed by atoms with Gasteiger partial charge in [-0.15, -0.1) is 16.4 Å². The van der Waals surface area contributed by atoms with Gasteiger partial charge in [-0.25, -0.2) is 0 Å². The Hall–Kier alpha value is -3.05. The van der Waals surface area contributed by atoms with Crippen molar-refractivity contribution in [3.63, 3.8) is 0 Å². The molecule has 3 aromatic rings. The molecule has 0 aliphatic carbocycles. The summed E-state index contributed by atoms with van der Waals surface area (Å²) in [5, 5.41) is 10.3. The average molecular weight is 345 g/mol. The number of amides is 1. The Morgan fingerprint density at radius 3 is 2.56 bits per heavy atom. The van der Waals surface area contributed by atoms with Crippen LogP contribution >= 0.6 is 11.3 Å². The molecule has 0 radical (unpaired) electrons. The maximum atomic E-state index is 12.9. The van der Waals surface area contributed by atoms with E-state index in [1.54, 1.807) is 22.5 Å². The van der Waals surface area contributed by atoms with Crippen LogP contribution in [0.2, 0.25) is 0 Å². The van der Waals surface area contributed by atoms with E-state index in [-0.39, 0.29) is 5.91 Å². The number of anilines is 1. The molecule has 1 aliphatic heterocycles. The van der Waals surface area contributed by atoms with Gasteiger partial charge in [-0.1, -0.05) is 54.6 Å². The van der Waals surface area contributed by atoms with E-state index < -0.39 is 0 Å². The van der Waals surface area contributed by atoms with Crippen molar-refractivity contribution < 1.29 is 4.79 Å². The Bertz CT molecular complexity index is 946. The molecule has 2 aromatic carbocycles. The number of thiophene rings is 1. The fourth-order valence-electron chi connectivity index (χ4n) is 2.79. The molecule has 1 amide bonds. The molecule has 1 aromatic heterocycles. The lowest BCUT2D eigenvalue weighted by Gasteiger charge is -2.16. The lowest BCUT2D eigenvalue weighted by Crippen LogP contribution is -2.29. The second-order valence-corrected chi connectivity index (χ2v) is 6.58. The molecule has 0 saturated heterocycles. The summed E-state index contributed by atoms with van der Waals surface area (Å²) in [5.41, 5.74) is 3.17. The van der Waals surface area contributed by atoms with Crippen LogP contribution < -0.4 is 4.90 Å². The highest BCUT2D eigenvalue weighted by Crippen LogP contribution is 2.30. The van der Waals surface area contributed by atoms with Crippen LogP contribution in [0.4, 0.5) is 5.69 Å². The molecule has 0 saturated carbocycles. The maximum Gasteiger partial charge on any atom is 0.279 e. The van der Waals surface area contributed by atoms with Gasteiger partial charge in [-0.05, 0) is 23.1 Å². The second-order valence-electron chi connectivity index (χ2n) is 5.60. The molecule has 0 spiro atoms. The lowest BCUT2D eigenvalue weighted by atomic mass is 10.1. The van der Waals surface area contributed by atoms with Crippen molar-refractivity contribution >= 4 is 34.9 Å². The van der Waals surface area contributed by atoms with Gasteiger partial charge in [0.1, 0.15) is 0 Å². The zero-order chi connectivity index (χ0) is 17.1. The zero-order valence-corrected chi connectivity index (χ0v) is 14.2. The van der Waals surface area contributed by atoms with E-state index in [9.17, 15) is 4.79 Å². The normalized spacial score (nSPS) is 15.3. The summed E-state index contributed by atoms with van der Waals surface area (Å²) in [4.78, 5) is 15.6. The third kappa shape index (κ3) is 3.14. The molecule has 5 heteroatoms. The van der Waals surface area contributed by atoms with Crippen LogP contribution in [0.25, 0.3) is 0 Å². The molecule has 2 heterocycles. The van der Waals surface area contributed by atoms with Gasteiger partial charge in [0, 0.05) is 10.4 Å². The van der Waals surface area contributed by atoms with Gasteiger partial charge in [0.15, 0.2) is 5.71 Å². The standard InChI is InChI=1S/C20H15N3OS/c24-20-19(22-21-13-16-9-6-12-25-16)17-10-4-5-11-18(17)23(20)14-15-7-2-1-3-8-15/h1-13H,14H2/b21-13-,22-19-. The van der Waals surface area contributed by atoms with Crippen LogP contribution in [0.15, 0.2) is 82.3 Å². The molecule has 0 unspecified atom stereocenters. The van der Waals surface area contributed by atoms with E-state index in [2.05, 4.69) is 10.2 Å². The molecule has 25 heavy (non-hydrogen) atoms. The van der Waals surface area contributed by atoms with Gasteiger partial charge in [-0.3, -0.25) is 4.79 Å². The van der Waals surface area contributed by atoms with E-state index in [1.807, 2.05) is 72.1 Å². The number of rotatable bonds is 4. The number of hydrogen-bond donors (Lipinski definition) is 0. The SMILES string of the molecule is O=C1/C(=N\N=C/c2cccs2)c2ccccc2N1Cc1ccccc1. The fourth-order valence-corrected chi connectivity index (χ4v) is 3.37. The first kappa shape index (κ1) is 15.5. The Morgan fingerprint density at radius 1 is 0.960 bits per heavy atom. The van der Waals surface area contributed by atoms with Gasteiger partial charge in [0.05, 0.1) is 18.4 Å². The number of nitrogens with zero attached hydrogens (tertiary/aromatic N) is 3. The van der Waals surface area contributed by atoms with Gasteiger partial charge in [0.2, 0.25) is 0 Å². The highest BCUT2D eigenvalue weighted by molar-refractivity contribution is 7.11. The highest BCUT2D eigenvalue weighted by Gasteiger charge is 2.33. The summed E-state index contributed by atoms with van der Waals surface area (Å²) < 4.78 is 0. The predicted octanol–water partition coefficient (Wildman–Crippen LogP) is 4.12. The number of carbonyl (C=O) groups is 1. The molecule has 0 atom stereocenters. The highest BCUT2D eigenvalue weighted by atomic mass is 32.1. The summed E-state index contributed by atoms with van der Waals surface area (Å²) in [5.74, 6) is -0.117. The van der Waals surface area contributed by atoms with Crippen molar-refractivity contribution in [1.82, 2.24) is 0 Å². The van der Waals surface area contributed by atoms with Crippen LogP contribution in [0.1, 0.15) is 16.0 Å². The first-order valence-electron chi connectivity index (χ1n) is 7.92. The molecule has 4 nitrogen and oxygen atoms in total. The maximum absolute atomic E-state index is 12.9. The van der Waals surface area contributed by atoms with Crippen LogP contribution in [0.5, 0.6) is 0 Å². The Kier molecular flexibility index (Phi) is 4.23. The largest absolute Gasteiger partial charge is 0.302 e. The molecule has 4 rings (SSSR count). The molecule has 0 N–H and O–H groups in total. The minimum Gasteiger partial charge on any atom is -0.302 e. The summed E-state index contributed by atoms with van der Waals surface area (Å²) in [6.45, 7) is 0.518. The molecular formula is C20H15N3OS. The van der Waals surface area contributed by atoms with Gasteiger partial charge in [0.25, 0.3) is 5.91 Å². The van der Waals surface area contributed by atoms with Crippen molar-refractivity contribution in [1.29, 1.82) is 0 Å². The van der Waals surface area contributed by atoms with Crippen LogP contribution in [-0.2, 0) is 11.3 Å². The molecule has 1 aliphatic rings. The van der Waals surface area contributed by atoms with Crippen LogP contribution in [0.3, 0.4) is 0 Å². The van der Waals surface area contributed by atoms with Crippen molar-refractivity contribution in [3.8, 4) is 0 Å². The van der Waals surface area contributed by atoms with Crippen molar-refractivity contribution in [2.24, 2.45) is 10.2 Å². The average Bonchev–Trinajstić information content (AvgIpc) is 3.25. The first-order chi connectivity index (χ1) is 12.3. The molecule has 0 bridgehead atoms. The van der Waals surface area contributed by atoms with Crippen molar-refractivity contribution in [2.75, 3.05) is 4.90 Å². The fraction of sp³-hybridized carbons (Fsp3) is 0.0500. The zero-order valence-electron chi connectivity index (χ0n) is 13.4. The summed E-state index contributed by atoms with van der Waals surface area (Å²) >= 11 is 1.58. The number of fused-ring (bicyclic) bond motifs is 1. The van der Waals surface area contributed by atoms with Crippen LogP contribution in [-0.4, -0.2) is 17.8 Å². The minimum atomic E-state index is -0.117. The van der Waals surface area contributed by atoms with E-state index >= 15 is 0 Å². The summed E-state index contributed by atoms with van der Waals surface area (Å²) in [6.07, 6.45) is 1.67. The smallest absolute Gasteiger partial charge is 0.279 e. The summed E-state index contributed by atoms with van der Waals surface area (Å²) in [6, 6.07) is 21.6. The molecular weight excluding hydrogens is 330 g/mol. The number of carbonyl (C=O) groups excluding carboxylic acids is 1. The Balaban J connectivity index is 1.66. The van der Waals surface area contributed by atoms with Crippen molar-refractivity contribution in [2.45, 2.75) is 6.54 Å². The Morgan fingerprint density at radius 2 is 1.76 bits per heavy atom. The molecule has 0 fully saturated rings. The van der Waals surface area contributed by atoms with Crippen LogP contribution in [0, 0.1) is 0 Å². The van der Waals surface area contributed by atoms with Gasteiger partial charge >= 0.3 is 0 Å². The van der Waals surface area contributed by atoms with Gasteiger partial charge in [-0.2, -0.15) is 5.10 Å². The topological polar surface area (TPSA) is 45.0 Å². The lowest BCUT2D eigenvalue weighted by molar-refractivity contribution is -0.112. The second kappa shape index (κ2) is 6.83. The first-order valence-corrected chi connectivity index (χ1v) is 8.80. The van der Waals surface area contributed by atoms with E-state index in [4.69, 9.17) is 0 Å². The third-order valence-corrected chi connectivity index (χ3v) is 4.77. The quantitative estimate of drug-likeness (QED) is 0.518.